The van der Waals surface area contributed by atoms with Gasteiger partial charge in [0.15, 0.2) is 15.4 Å². The lowest BCUT2D eigenvalue weighted by atomic mass is 9.81. The summed E-state index contributed by atoms with van der Waals surface area (Å²) in [6.45, 7) is 21.6. The molecule has 0 aromatic carbocycles. The molecule has 0 radical (unpaired) electrons. The maximum Gasteiger partial charge on any atom is 0.397 e. The molecule has 19 nitrogen and oxygen atoms in total. The number of morpholine rings is 1. The minimum atomic E-state index is -4.07. The number of nitrogens with one attached hydrogen (secondary N) is 4. The van der Waals surface area contributed by atoms with Crippen LogP contribution in [0.15, 0.2) is 16.1 Å². The van der Waals surface area contributed by atoms with Crippen molar-refractivity contribution in [3.8, 4) is 34.2 Å². The Kier molecular flexibility index (Phi) is 22.7. The van der Waals surface area contributed by atoms with E-state index in [4.69, 9.17) is 24.4 Å². The normalized spacial score (nSPS) is 21.8. The van der Waals surface area contributed by atoms with Gasteiger partial charge >= 0.3 is 16.2 Å². The van der Waals surface area contributed by atoms with E-state index in [1.165, 1.54) is 14.6 Å². The summed E-state index contributed by atoms with van der Waals surface area (Å²) in [6, 6.07) is 0.0816. The third-order valence-electron chi connectivity index (χ3n) is 17.2. The van der Waals surface area contributed by atoms with E-state index < -0.39 is 16.2 Å². The van der Waals surface area contributed by atoms with Gasteiger partial charge in [0.2, 0.25) is 6.41 Å². The van der Waals surface area contributed by atoms with Gasteiger partial charge in [-0.1, -0.05) is 0 Å². The molecule has 0 atom stereocenters. The topological polar surface area (TPSA) is 219 Å². The van der Waals surface area contributed by atoms with E-state index in [2.05, 4.69) is 86.4 Å². The first-order chi connectivity index (χ1) is 40.4. The van der Waals surface area contributed by atoms with Crippen molar-refractivity contribution >= 4 is 106 Å². The molecule has 84 heavy (non-hydrogen) atoms. The molecule has 26 heteroatoms. The Morgan fingerprint density at radius 3 is 1.39 bits per heavy atom. The molecular formula is C58H86N13O6S7+. The van der Waals surface area contributed by atoms with Crippen molar-refractivity contribution in [3.05, 3.63) is 45.8 Å². The molecule has 460 valence electrons. The van der Waals surface area contributed by atoms with Crippen LogP contribution < -0.4 is 20.7 Å². The molecule has 3 aliphatic carbocycles. The summed E-state index contributed by atoms with van der Waals surface area (Å²) in [7, 11) is -2.47. The molecule has 7 heterocycles. The zero-order chi connectivity index (χ0) is 59.5. The minimum absolute atomic E-state index is 0.0671. The summed E-state index contributed by atoms with van der Waals surface area (Å²) < 4.78 is 42.2. The summed E-state index contributed by atoms with van der Waals surface area (Å²) in [4.78, 5) is 60.8. The summed E-state index contributed by atoms with van der Waals surface area (Å²) in [6.07, 6.45) is 12.9. The zero-order valence-corrected chi connectivity index (χ0v) is 56.0. The number of carbonyl (C=O) groups excluding carboxylic acids is 2. The SMILES string of the molecule is COCCN(C(=O)NS(=O)(=O)[N+]1(CC2CCC(CNc3nc(-c4nc(C)sc4C)cs3)CC2)CCOCC1)C1CCC(CNc2nc(-c3nc(C)sc3C)cs2)CC1.Cc1nc(-c2csc(NCC3CCC(N(C=O)C(C)C)CC3)n2)c(C)s1. The Morgan fingerprint density at radius 1 is 0.631 bits per heavy atom. The van der Waals surface area contributed by atoms with Crippen molar-refractivity contribution in [3.63, 3.8) is 0 Å². The monoisotopic (exact) mass is 1280 g/mol. The molecule has 3 amide bonds. The second kappa shape index (κ2) is 29.6. The average molecular weight is 1290 g/mol. The summed E-state index contributed by atoms with van der Waals surface area (Å²) in [5.41, 5.74) is 5.74. The van der Waals surface area contributed by atoms with Gasteiger partial charge in [0.05, 0.1) is 41.4 Å². The highest BCUT2D eigenvalue weighted by Gasteiger charge is 2.48. The molecule has 6 aromatic heterocycles. The molecule has 0 spiro atoms. The van der Waals surface area contributed by atoms with Crippen LogP contribution in [0.4, 0.5) is 20.2 Å². The van der Waals surface area contributed by atoms with E-state index in [1.807, 2.05) is 25.7 Å². The van der Waals surface area contributed by atoms with Crippen LogP contribution in [0.5, 0.6) is 0 Å². The first-order valence-corrected chi connectivity index (χ1v) is 36.3. The van der Waals surface area contributed by atoms with Crippen LogP contribution in [0, 0.1) is 65.2 Å². The zero-order valence-electron chi connectivity index (χ0n) is 50.2. The number of amides is 3. The van der Waals surface area contributed by atoms with Gasteiger partial charge in [-0.25, -0.2) is 34.7 Å². The number of hydrogen-bond donors (Lipinski definition) is 4. The number of aromatic nitrogens is 6. The van der Waals surface area contributed by atoms with Crippen molar-refractivity contribution in [2.75, 3.05) is 88.7 Å². The number of ether oxygens (including phenoxy) is 2. The molecule has 4 N–H and O–H groups in total. The molecular weight excluding hydrogens is 1200 g/mol. The van der Waals surface area contributed by atoms with E-state index in [0.29, 0.717) is 75.8 Å². The van der Waals surface area contributed by atoms with Crippen LogP contribution in [0.2, 0.25) is 0 Å². The van der Waals surface area contributed by atoms with Gasteiger partial charge in [-0.15, -0.1) is 68.0 Å². The Morgan fingerprint density at radius 2 is 1.02 bits per heavy atom. The fraction of sp³-hybridized carbons (Fsp3) is 0.655. The Hall–Kier alpha value is -4.25. The van der Waals surface area contributed by atoms with Crippen molar-refractivity contribution in [1.82, 2.24) is 44.4 Å². The van der Waals surface area contributed by atoms with E-state index in [1.54, 1.807) is 80.0 Å². The molecule has 1 saturated heterocycles. The van der Waals surface area contributed by atoms with E-state index in [0.717, 1.165) is 168 Å². The highest BCUT2D eigenvalue weighted by atomic mass is 32.2. The molecule has 6 aromatic rings. The summed E-state index contributed by atoms with van der Waals surface area (Å²) in [5, 5.41) is 22.8. The van der Waals surface area contributed by atoms with Crippen molar-refractivity contribution in [1.29, 1.82) is 0 Å². The Balaban J connectivity index is 0.000000271. The fourth-order valence-corrected chi connectivity index (χ4v) is 18.7. The van der Waals surface area contributed by atoms with E-state index in [9.17, 15) is 18.0 Å². The van der Waals surface area contributed by atoms with Crippen LogP contribution in [0.1, 0.15) is 121 Å². The highest BCUT2D eigenvalue weighted by Crippen LogP contribution is 2.37. The first kappa shape index (κ1) is 64.2. The lowest BCUT2D eigenvalue weighted by Gasteiger charge is -2.43. The highest BCUT2D eigenvalue weighted by molar-refractivity contribution is 7.84. The first-order valence-electron chi connectivity index (χ1n) is 29.8. The van der Waals surface area contributed by atoms with Crippen LogP contribution in [-0.4, -0.2) is 155 Å². The molecule has 1 aliphatic heterocycles. The number of methoxy groups -OCH3 is 1. The standard InChI is InChI=1S/C39H57N9O5S5.C19H28N4OS2/c1-25-35(42-27(3)56-25)33-23-54-37(44-33)40-20-29-6-8-31(9-7-29)22-48(15-18-53-19-16-48)58(50,51)46-39(49)47(14-17-52-5)32-12-10-30(11-13-32)21-41-38-45-34(24-55-38)36-26(2)57-28(4)43-36;1-12(2)23(11-24)16-7-5-15(6-8-16)9-20-19-22-17(10-25-19)18-13(3)26-14(4)21-18/h23-24,29-32H,6-22H2,1-5H3,(H2-,40,41,44,45,46,49);10-12,15-16H,5-9H2,1-4H3,(H,20,22)/p+1. The second-order valence-corrected chi connectivity index (χ2v) is 32.1. The second-order valence-electron chi connectivity index (χ2n) is 23.4. The number of nitrogens with zero attached hydrogens (tertiary/aromatic N) is 9. The quantitative estimate of drug-likeness (QED) is 0.0346. The van der Waals surface area contributed by atoms with Gasteiger partial charge in [0, 0.05) is 88.1 Å². The predicted molar refractivity (Wildman–Crippen MR) is 345 cm³/mol. The number of anilines is 3. The van der Waals surface area contributed by atoms with Crippen LogP contribution in [0.25, 0.3) is 34.2 Å². The number of thiazole rings is 6. The largest absolute Gasteiger partial charge is 0.397 e. The van der Waals surface area contributed by atoms with Crippen molar-refractivity contribution < 1.29 is 31.4 Å². The van der Waals surface area contributed by atoms with Crippen molar-refractivity contribution in [2.45, 2.75) is 151 Å². The number of carbonyl (C=O) groups is 2. The van der Waals surface area contributed by atoms with Gasteiger partial charge in [0.25, 0.3) is 0 Å². The average Bonchev–Trinajstić information content (AvgIpc) is 1.95. The molecule has 0 bridgehead atoms. The van der Waals surface area contributed by atoms with Crippen LogP contribution in [-0.2, 0) is 24.5 Å². The van der Waals surface area contributed by atoms with Gasteiger partial charge in [0.1, 0.15) is 47.3 Å². The molecule has 0 unspecified atom stereocenters. The molecule has 4 aliphatic rings. The Labute approximate surface area is 521 Å². The maximum atomic E-state index is 14.4. The smallest absolute Gasteiger partial charge is 0.383 e. The molecule has 3 saturated carbocycles. The van der Waals surface area contributed by atoms with Crippen LogP contribution >= 0.6 is 68.0 Å². The molecule has 4 fully saturated rings. The Bertz CT molecular complexity index is 3180. The van der Waals surface area contributed by atoms with E-state index >= 15 is 0 Å². The third-order valence-corrected chi connectivity index (χ3v) is 24.2. The number of aryl methyl sites for hydroxylation is 6. The summed E-state index contributed by atoms with van der Waals surface area (Å²) in [5.74, 6) is 1.82. The van der Waals surface area contributed by atoms with Crippen molar-refractivity contribution in [2.24, 2.45) is 23.7 Å². The number of hydrogen-bond acceptors (Lipinski definition) is 21. The lowest BCUT2D eigenvalue weighted by Crippen LogP contribution is -2.66. The third kappa shape index (κ3) is 16.5. The van der Waals surface area contributed by atoms with E-state index in [-0.39, 0.29) is 15.8 Å². The number of rotatable bonds is 23. The lowest BCUT2D eigenvalue weighted by molar-refractivity contribution is -0.821. The fourth-order valence-electron chi connectivity index (χ4n) is 12.5. The van der Waals surface area contributed by atoms with Gasteiger partial charge in [-0.3, -0.25) is 4.79 Å². The summed E-state index contributed by atoms with van der Waals surface area (Å²) >= 11 is 9.95. The predicted octanol–water partition coefficient (Wildman–Crippen LogP) is 12.4. The van der Waals surface area contributed by atoms with Gasteiger partial charge in [-0.05, 0) is 150 Å². The number of urea groups is 1. The number of quaternary nitrogens is 1. The minimum Gasteiger partial charge on any atom is -0.383 e. The van der Waals surface area contributed by atoms with Gasteiger partial charge < -0.3 is 35.2 Å². The van der Waals surface area contributed by atoms with Gasteiger partial charge in [-0.2, -0.15) is 17.0 Å². The maximum absolute atomic E-state index is 14.4. The van der Waals surface area contributed by atoms with Crippen LogP contribution in [0.3, 0.4) is 0 Å². The molecule has 10 rings (SSSR count).